The number of rotatable bonds is 7. The molecule has 3 rings (SSSR count). The summed E-state index contributed by atoms with van der Waals surface area (Å²) in [6, 6.07) is 9.08. The Bertz CT molecular complexity index is 855. The molecule has 0 bridgehead atoms. The molecule has 1 saturated heterocycles. The van der Waals surface area contributed by atoms with Crippen LogP contribution in [0.2, 0.25) is 0 Å². The molecule has 1 unspecified atom stereocenters. The third-order valence-corrected chi connectivity index (χ3v) is 7.35. The molecule has 2 fully saturated rings. The number of nitriles is 1. The lowest BCUT2D eigenvalue weighted by Gasteiger charge is -2.33. The summed E-state index contributed by atoms with van der Waals surface area (Å²) in [5.41, 5.74) is 0.316. The fraction of sp³-hybridized carbons (Fsp3) is 0.619. The monoisotopic (exact) mass is 418 g/mol. The molecule has 1 atom stereocenters. The number of likely N-dealkylation sites (tertiary alicyclic amines) is 1. The van der Waals surface area contributed by atoms with Crippen molar-refractivity contribution in [2.45, 2.75) is 55.9 Å². The van der Waals surface area contributed by atoms with E-state index in [1.165, 1.54) is 0 Å². The van der Waals surface area contributed by atoms with Crippen LogP contribution in [0.4, 0.5) is 0 Å². The van der Waals surface area contributed by atoms with Crippen molar-refractivity contribution in [2.75, 3.05) is 26.2 Å². The first-order valence-electron chi connectivity index (χ1n) is 10.3. The molecule has 1 aliphatic heterocycles. The minimum Gasteiger partial charge on any atom is -0.337 e. The maximum Gasteiger partial charge on any atom is 0.240 e. The van der Waals surface area contributed by atoms with Crippen LogP contribution in [-0.2, 0) is 14.8 Å². The predicted octanol–water partition coefficient (Wildman–Crippen LogP) is 1.94. The number of aryl methyl sites for hydroxylation is 1. The Morgan fingerprint density at radius 3 is 2.59 bits per heavy atom. The normalized spacial score (nSPS) is 22.1. The number of nitrogens with one attached hydrogen (secondary N) is 2. The van der Waals surface area contributed by atoms with Crippen LogP contribution >= 0.6 is 0 Å². The number of benzene rings is 1. The van der Waals surface area contributed by atoms with E-state index in [4.69, 9.17) is 0 Å². The fourth-order valence-electron chi connectivity index (χ4n) is 4.24. The second-order valence-corrected chi connectivity index (χ2v) is 10.1. The Hall–Kier alpha value is -1.95. The Labute approximate surface area is 173 Å². The molecular weight excluding hydrogens is 388 g/mol. The van der Waals surface area contributed by atoms with Crippen molar-refractivity contribution in [1.82, 2.24) is 14.9 Å². The number of sulfonamides is 1. The van der Waals surface area contributed by atoms with Crippen LogP contribution in [0.1, 0.15) is 44.1 Å². The molecule has 1 aromatic rings. The summed E-state index contributed by atoms with van der Waals surface area (Å²) < 4.78 is 27.7. The van der Waals surface area contributed by atoms with Crippen LogP contribution < -0.4 is 10.0 Å². The summed E-state index contributed by atoms with van der Waals surface area (Å²) in [6.45, 7) is 4.01. The van der Waals surface area contributed by atoms with Gasteiger partial charge in [-0.3, -0.25) is 9.69 Å². The van der Waals surface area contributed by atoms with Gasteiger partial charge in [-0.25, -0.2) is 13.1 Å². The van der Waals surface area contributed by atoms with Crippen molar-refractivity contribution >= 4 is 15.9 Å². The molecule has 0 spiro atoms. The van der Waals surface area contributed by atoms with Gasteiger partial charge in [-0.05, 0) is 70.0 Å². The van der Waals surface area contributed by atoms with Gasteiger partial charge in [0, 0.05) is 13.1 Å². The van der Waals surface area contributed by atoms with Crippen LogP contribution in [-0.4, -0.2) is 50.9 Å². The second kappa shape index (κ2) is 9.24. The Kier molecular flexibility index (Phi) is 6.93. The molecule has 29 heavy (non-hydrogen) atoms. The minimum atomic E-state index is -3.53. The molecule has 1 saturated carbocycles. The highest BCUT2D eigenvalue weighted by molar-refractivity contribution is 7.89. The van der Waals surface area contributed by atoms with Gasteiger partial charge in [0.25, 0.3) is 0 Å². The van der Waals surface area contributed by atoms with Gasteiger partial charge in [-0.2, -0.15) is 5.26 Å². The first-order valence-corrected chi connectivity index (χ1v) is 11.8. The van der Waals surface area contributed by atoms with Gasteiger partial charge in [0.1, 0.15) is 5.54 Å². The largest absolute Gasteiger partial charge is 0.337 e. The van der Waals surface area contributed by atoms with E-state index < -0.39 is 15.6 Å². The zero-order chi connectivity index (χ0) is 20.9. The SMILES string of the molecule is Cc1ccc(S(=O)(=O)NCC2CCCN(CC(=O)NC3(C#N)CCCC3)C2)cc1. The summed E-state index contributed by atoms with van der Waals surface area (Å²) in [7, 11) is -3.53. The molecule has 7 nitrogen and oxygen atoms in total. The predicted molar refractivity (Wildman–Crippen MR) is 110 cm³/mol. The number of piperidine rings is 1. The smallest absolute Gasteiger partial charge is 0.240 e. The maximum absolute atomic E-state index is 12.5. The Morgan fingerprint density at radius 1 is 1.24 bits per heavy atom. The molecule has 0 radical (unpaired) electrons. The van der Waals surface area contributed by atoms with Crippen molar-refractivity contribution < 1.29 is 13.2 Å². The average molecular weight is 419 g/mol. The van der Waals surface area contributed by atoms with E-state index >= 15 is 0 Å². The average Bonchev–Trinajstić information content (AvgIpc) is 3.16. The summed E-state index contributed by atoms with van der Waals surface area (Å²) in [5, 5.41) is 12.4. The van der Waals surface area contributed by atoms with Crippen LogP contribution in [0.15, 0.2) is 29.2 Å². The van der Waals surface area contributed by atoms with Gasteiger partial charge in [0.15, 0.2) is 0 Å². The van der Waals surface area contributed by atoms with Crippen molar-refractivity contribution in [3.05, 3.63) is 29.8 Å². The molecule has 1 aromatic carbocycles. The first-order chi connectivity index (χ1) is 13.8. The number of nitrogens with zero attached hydrogens (tertiary/aromatic N) is 2. The van der Waals surface area contributed by atoms with Crippen molar-refractivity contribution in [1.29, 1.82) is 5.26 Å². The fourth-order valence-corrected chi connectivity index (χ4v) is 5.36. The third-order valence-electron chi connectivity index (χ3n) is 5.91. The number of hydrogen-bond acceptors (Lipinski definition) is 5. The summed E-state index contributed by atoms with van der Waals surface area (Å²) >= 11 is 0. The lowest BCUT2D eigenvalue weighted by atomic mass is 9.98. The quantitative estimate of drug-likeness (QED) is 0.704. The second-order valence-electron chi connectivity index (χ2n) is 8.36. The maximum atomic E-state index is 12.5. The lowest BCUT2D eigenvalue weighted by Crippen LogP contribution is -2.51. The van der Waals surface area contributed by atoms with E-state index in [-0.39, 0.29) is 23.3 Å². The number of amides is 1. The highest BCUT2D eigenvalue weighted by atomic mass is 32.2. The Morgan fingerprint density at radius 2 is 1.93 bits per heavy atom. The van der Waals surface area contributed by atoms with Gasteiger partial charge in [-0.1, -0.05) is 17.7 Å². The van der Waals surface area contributed by atoms with E-state index in [1.807, 2.05) is 6.92 Å². The topological polar surface area (TPSA) is 102 Å². The van der Waals surface area contributed by atoms with Gasteiger partial charge >= 0.3 is 0 Å². The Balaban J connectivity index is 1.49. The van der Waals surface area contributed by atoms with E-state index in [0.717, 1.165) is 50.6 Å². The molecule has 8 heteroatoms. The highest BCUT2D eigenvalue weighted by Gasteiger charge is 2.35. The number of carbonyl (C=O) groups is 1. The van der Waals surface area contributed by atoms with Crippen molar-refractivity contribution in [3.8, 4) is 6.07 Å². The molecule has 1 heterocycles. The molecule has 2 N–H and O–H groups in total. The number of carbonyl (C=O) groups excluding carboxylic acids is 1. The van der Waals surface area contributed by atoms with Gasteiger partial charge in [0.05, 0.1) is 17.5 Å². The van der Waals surface area contributed by atoms with E-state index in [0.29, 0.717) is 13.1 Å². The molecule has 2 aliphatic rings. The molecule has 158 valence electrons. The summed E-state index contributed by atoms with van der Waals surface area (Å²) in [4.78, 5) is 14.8. The molecular formula is C21H30N4O3S. The zero-order valence-electron chi connectivity index (χ0n) is 17.0. The lowest BCUT2D eigenvalue weighted by molar-refractivity contribution is -0.124. The third kappa shape index (κ3) is 5.78. The molecule has 0 aromatic heterocycles. The minimum absolute atomic E-state index is 0.116. The van der Waals surface area contributed by atoms with Crippen LogP contribution in [0.25, 0.3) is 0 Å². The van der Waals surface area contributed by atoms with Crippen LogP contribution in [0.3, 0.4) is 0 Å². The highest BCUT2D eigenvalue weighted by Crippen LogP contribution is 2.28. The van der Waals surface area contributed by atoms with Crippen molar-refractivity contribution in [3.63, 3.8) is 0 Å². The van der Waals surface area contributed by atoms with Crippen LogP contribution in [0, 0.1) is 24.2 Å². The van der Waals surface area contributed by atoms with Crippen LogP contribution in [0.5, 0.6) is 0 Å². The molecule has 1 aliphatic carbocycles. The van der Waals surface area contributed by atoms with E-state index in [2.05, 4.69) is 21.0 Å². The zero-order valence-corrected chi connectivity index (χ0v) is 17.8. The van der Waals surface area contributed by atoms with E-state index in [1.54, 1.807) is 24.3 Å². The summed E-state index contributed by atoms with van der Waals surface area (Å²) in [5.74, 6) is 0.0440. The standard InChI is InChI=1S/C21H30N4O3S/c1-17-6-8-19(9-7-17)29(27,28)23-13-18-5-4-12-25(14-18)15-20(26)24-21(16-22)10-2-3-11-21/h6-9,18,23H,2-5,10-15H2,1H3,(H,24,26). The van der Waals surface area contributed by atoms with Gasteiger partial charge in [-0.15, -0.1) is 0 Å². The van der Waals surface area contributed by atoms with Gasteiger partial charge in [0.2, 0.25) is 15.9 Å². The summed E-state index contributed by atoms with van der Waals surface area (Å²) in [6.07, 6.45) is 5.24. The van der Waals surface area contributed by atoms with E-state index in [9.17, 15) is 18.5 Å². The first kappa shape index (κ1) is 21.8. The molecule has 1 amide bonds. The van der Waals surface area contributed by atoms with Gasteiger partial charge < -0.3 is 5.32 Å². The van der Waals surface area contributed by atoms with Crippen molar-refractivity contribution in [2.24, 2.45) is 5.92 Å². The number of hydrogen-bond donors (Lipinski definition) is 2.